The summed E-state index contributed by atoms with van der Waals surface area (Å²) in [5.41, 5.74) is 6.12. The van der Waals surface area contributed by atoms with Crippen LogP contribution >= 0.6 is 0 Å². The third-order valence-electron chi connectivity index (χ3n) is 4.60. The second-order valence-corrected chi connectivity index (χ2v) is 7.41. The standard InChI is InChI=1S/C15H16FN5O2.C5H11N/c1-15(2,22)13-11(23-3)6-12-18-7-10(21(12)20-13)9-5-4-8(16)14(17)19-9;1-2-4-6-5-3-1/h4-7,22H,1-3H3,(H2,17,19);6H,1-5H2. The number of anilines is 1. The molecule has 0 aromatic carbocycles. The van der Waals surface area contributed by atoms with Crippen LogP contribution in [0.15, 0.2) is 24.4 Å². The van der Waals surface area contributed by atoms with Gasteiger partial charge in [-0.2, -0.15) is 5.10 Å². The van der Waals surface area contributed by atoms with Gasteiger partial charge in [0.2, 0.25) is 0 Å². The highest BCUT2D eigenvalue weighted by Crippen LogP contribution is 2.30. The lowest BCUT2D eigenvalue weighted by atomic mass is 10.0. The molecule has 0 saturated carbocycles. The largest absolute Gasteiger partial charge is 0.495 e. The van der Waals surface area contributed by atoms with E-state index in [9.17, 15) is 9.50 Å². The Morgan fingerprint density at radius 3 is 2.48 bits per heavy atom. The Bertz CT molecular complexity index is 967. The summed E-state index contributed by atoms with van der Waals surface area (Å²) in [7, 11) is 1.49. The highest BCUT2D eigenvalue weighted by molar-refractivity contribution is 5.62. The summed E-state index contributed by atoms with van der Waals surface area (Å²) in [4.78, 5) is 8.25. The number of ether oxygens (including phenoxy) is 1. The fourth-order valence-corrected chi connectivity index (χ4v) is 3.05. The van der Waals surface area contributed by atoms with Gasteiger partial charge < -0.3 is 20.9 Å². The second-order valence-electron chi connectivity index (χ2n) is 7.41. The van der Waals surface area contributed by atoms with Gasteiger partial charge in [0, 0.05) is 6.07 Å². The maximum atomic E-state index is 13.3. The number of piperidine rings is 1. The van der Waals surface area contributed by atoms with Crippen molar-refractivity contribution < 1.29 is 14.2 Å². The molecule has 4 N–H and O–H groups in total. The lowest BCUT2D eigenvalue weighted by Crippen LogP contribution is -2.21. The number of pyridine rings is 1. The number of nitrogen functional groups attached to an aromatic ring is 1. The molecule has 1 fully saturated rings. The molecular formula is C20H27FN6O2. The number of aliphatic hydroxyl groups is 1. The average molecular weight is 402 g/mol. The number of rotatable bonds is 3. The smallest absolute Gasteiger partial charge is 0.165 e. The monoisotopic (exact) mass is 402 g/mol. The fraction of sp³-hybridized carbons (Fsp3) is 0.450. The first kappa shape index (κ1) is 20.9. The van der Waals surface area contributed by atoms with Gasteiger partial charge in [-0.15, -0.1) is 0 Å². The summed E-state index contributed by atoms with van der Waals surface area (Å²) in [5.74, 6) is -0.364. The van der Waals surface area contributed by atoms with E-state index in [0.29, 0.717) is 28.5 Å². The third-order valence-corrected chi connectivity index (χ3v) is 4.60. The van der Waals surface area contributed by atoms with Crippen LogP contribution in [0.2, 0.25) is 0 Å². The van der Waals surface area contributed by atoms with Gasteiger partial charge in [0.25, 0.3) is 0 Å². The number of nitrogens with one attached hydrogen (secondary N) is 1. The maximum Gasteiger partial charge on any atom is 0.165 e. The molecule has 0 unspecified atom stereocenters. The third kappa shape index (κ3) is 4.80. The van der Waals surface area contributed by atoms with E-state index in [1.807, 2.05) is 0 Å². The highest BCUT2D eigenvalue weighted by atomic mass is 19.1. The lowest BCUT2D eigenvalue weighted by molar-refractivity contribution is 0.0694. The van der Waals surface area contributed by atoms with Gasteiger partial charge in [0.1, 0.15) is 22.7 Å². The summed E-state index contributed by atoms with van der Waals surface area (Å²) in [6.07, 6.45) is 5.77. The van der Waals surface area contributed by atoms with Crippen LogP contribution in [-0.2, 0) is 5.60 Å². The Kier molecular flexibility index (Phi) is 6.29. The van der Waals surface area contributed by atoms with Crippen molar-refractivity contribution in [2.45, 2.75) is 38.7 Å². The molecule has 4 rings (SSSR count). The lowest BCUT2D eigenvalue weighted by Gasteiger charge is -2.19. The van der Waals surface area contributed by atoms with Crippen molar-refractivity contribution in [3.63, 3.8) is 0 Å². The number of aromatic nitrogens is 4. The molecule has 0 atom stereocenters. The first-order valence-corrected chi connectivity index (χ1v) is 9.60. The molecule has 0 aliphatic carbocycles. The van der Waals surface area contributed by atoms with Crippen LogP contribution in [0.5, 0.6) is 5.75 Å². The number of imidazole rings is 1. The zero-order chi connectivity index (χ0) is 21.0. The molecular weight excluding hydrogens is 375 g/mol. The van der Waals surface area contributed by atoms with E-state index >= 15 is 0 Å². The Balaban J connectivity index is 0.000000343. The zero-order valence-corrected chi connectivity index (χ0v) is 16.9. The molecule has 4 heterocycles. The molecule has 3 aromatic rings. The van der Waals surface area contributed by atoms with E-state index in [1.54, 1.807) is 26.1 Å². The van der Waals surface area contributed by atoms with Crippen molar-refractivity contribution in [3.05, 3.63) is 35.9 Å². The van der Waals surface area contributed by atoms with E-state index in [1.165, 1.54) is 56.1 Å². The minimum Gasteiger partial charge on any atom is -0.495 e. The van der Waals surface area contributed by atoms with Gasteiger partial charge in [-0.05, 0) is 51.9 Å². The number of fused-ring (bicyclic) bond motifs is 1. The van der Waals surface area contributed by atoms with Crippen molar-refractivity contribution in [1.82, 2.24) is 24.9 Å². The number of nitrogens with zero attached hydrogens (tertiary/aromatic N) is 4. The van der Waals surface area contributed by atoms with Gasteiger partial charge in [0.15, 0.2) is 17.3 Å². The van der Waals surface area contributed by atoms with Gasteiger partial charge in [-0.1, -0.05) is 6.42 Å². The molecule has 0 spiro atoms. The Labute approximate surface area is 168 Å². The predicted octanol–water partition coefficient (Wildman–Crippen LogP) is 2.51. The quantitative estimate of drug-likeness (QED) is 0.617. The number of methoxy groups -OCH3 is 1. The van der Waals surface area contributed by atoms with E-state index < -0.39 is 11.4 Å². The Morgan fingerprint density at radius 2 is 1.97 bits per heavy atom. The van der Waals surface area contributed by atoms with Crippen LogP contribution in [0, 0.1) is 5.82 Å². The Hall–Kier alpha value is -2.78. The summed E-state index contributed by atoms with van der Waals surface area (Å²) in [5, 5.41) is 18.0. The topological polar surface area (TPSA) is 111 Å². The molecule has 156 valence electrons. The molecule has 8 nitrogen and oxygen atoms in total. The van der Waals surface area contributed by atoms with Crippen LogP contribution in [0.4, 0.5) is 10.2 Å². The summed E-state index contributed by atoms with van der Waals surface area (Å²) in [6, 6.07) is 4.39. The Morgan fingerprint density at radius 1 is 1.24 bits per heavy atom. The fourth-order valence-electron chi connectivity index (χ4n) is 3.05. The van der Waals surface area contributed by atoms with E-state index in [2.05, 4.69) is 20.4 Å². The first-order valence-electron chi connectivity index (χ1n) is 9.60. The van der Waals surface area contributed by atoms with Gasteiger partial charge >= 0.3 is 0 Å². The maximum absolute atomic E-state index is 13.3. The summed E-state index contributed by atoms with van der Waals surface area (Å²) >= 11 is 0. The predicted molar refractivity (Wildman–Crippen MR) is 109 cm³/mol. The van der Waals surface area contributed by atoms with Crippen molar-refractivity contribution >= 4 is 11.5 Å². The molecule has 1 aliphatic rings. The van der Waals surface area contributed by atoms with Crippen LogP contribution in [-0.4, -0.2) is 44.9 Å². The molecule has 29 heavy (non-hydrogen) atoms. The molecule has 0 radical (unpaired) electrons. The normalized spacial score (nSPS) is 14.4. The molecule has 0 bridgehead atoms. The average Bonchev–Trinajstić information content (AvgIpc) is 3.13. The molecule has 1 aliphatic heterocycles. The van der Waals surface area contributed by atoms with Gasteiger partial charge in [-0.3, -0.25) is 0 Å². The van der Waals surface area contributed by atoms with Crippen molar-refractivity contribution in [2.75, 3.05) is 25.9 Å². The van der Waals surface area contributed by atoms with Crippen molar-refractivity contribution in [3.8, 4) is 17.1 Å². The number of hydrogen-bond acceptors (Lipinski definition) is 7. The molecule has 3 aromatic heterocycles. The van der Waals surface area contributed by atoms with Gasteiger partial charge in [-0.25, -0.2) is 18.9 Å². The number of halogens is 1. The van der Waals surface area contributed by atoms with Gasteiger partial charge in [0.05, 0.1) is 19.0 Å². The van der Waals surface area contributed by atoms with Crippen LogP contribution in [0.3, 0.4) is 0 Å². The van der Waals surface area contributed by atoms with E-state index in [4.69, 9.17) is 10.5 Å². The van der Waals surface area contributed by atoms with Crippen molar-refractivity contribution in [2.24, 2.45) is 0 Å². The number of nitrogens with two attached hydrogens (primary N) is 1. The highest BCUT2D eigenvalue weighted by Gasteiger charge is 2.25. The van der Waals surface area contributed by atoms with Crippen LogP contribution in [0.25, 0.3) is 17.0 Å². The van der Waals surface area contributed by atoms with E-state index in [-0.39, 0.29) is 5.82 Å². The van der Waals surface area contributed by atoms with Crippen LogP contribution < -0.4 is 15.8 Å². The molecule has 1 saturated heterocycles. The molecule has 0 amide bonds. The summed E-state index contributed by atoms with van der Waals surface area (Å²) < 4.78 is 20.1. The zero-order valence-electron chi connectivity index (χ0n) is 16.9. The minimum atomic E-state index is -1.21. The van der Waals surface area contributed by atoms with Crippen LogP contribution in [0.1, 0.15) is 38.8 Å². The van der Waals surface area contributed by atoms with Crippen molar-refractivity contribution in [1.29, 1.82) is 0 Å². The van der Waals surface area contributed by atoms with E-state index in [0.717, 1.165) is 0 Å². The first-order chi connectivity index (χ1) is 13.8. The second kappa shape index (κ2) is 8.71. The molecule has 9 heteroatoms. The number of hydrogen-bond donors (Lipinski definition) is 3. The summed E-state index contributed by atoms with van der Waals surface area (Å²) in [6.45, 7) is 5.71. The minimum absolute atomic E-state index is 0.200. The SMILES string of the molecule is C1CCNCC1.COc1cc2ncc(-c3ccc(F)c(N)n3)n2nc1C(C)(C)O.